The van der Waals surface area contributed by atoms with Crippen molar-refractivity contribution in [1.29, 1.82) is 0 Å². The van der Waals surface area contributed by atoms with Gasteiger partial charge in [-0.25, -0.2) is 0 Å². The van der Waals surface area contributed by atoms with Crippen LogP contribution in [0.5, 0.6) is 5.75 Å². The van der Waals surface area contributed by atoms with E-state index in [1.807, 2.05) is 0 Å². The molecule has 0 saturated heterocycles. The van der Waals surface area contributed by atoms with Crippen LogP contribution in [0.3, 0.4) is 0 Å². The molecule has 19 heavy (non-hydrogen) atoms. The zero-order valence-electron chi connectivity index (χ0n) is 12.8. The predicted octanol–water partition coefficient (Wildman–Crippen LogP) is 4.33. The van der Waals surface area contributed by atoms with E-state index in [0.29, 0.717) is 12.0 Å². The molecule has 2 nitrogen and oxygen atoms in total. The van der Waals surface area contributed by atoms with E-state index in [1.54, 1.807) is 0 Å². The molecule has 1 unspecified atom stereocenters. The van der Waals surface area contributed by atoms with Crippen LogP contribution < -0.4 is 10.1 Å². The third kappa shape index (κ3) is 3.11. The summed E-state index contributed by atoms with van der Waals surface area (Å²) in [6, 6.07) is 4.94. The van der Waals surface area contributed by atoms with Crippen LogP contribution in [0, 0.1) is 6.92 Å². The Morgan fingerprint density at radius 3 is 2.84 bits per heavy atom. The lowest BCUT2D eigenvalue weighted by molar-refractivity contribution is 0.313. The molecule has 0 saturated carbocycles. The molecule has 1 aliphatic heterocycles. The Labute approximate surface area is 117 Å². The minimum Gasteiger partial charge on any atom is -0.493 e. The van der Waals surface area contributed by atoms with Crippen LogP contribution in [0.4, 0.5) is 0 Å². The van der Waals surface area contributed by atoms with E-state index in [2.05, 4.69) is 45.1 Å². The molecule has 0 bridgehead atoms. The van der Waals surface area contributed by atoms with Crippen LogP contribution >= 0.6 is 0 Å². The number of nitrogens with one attached hydrogen (secondary N) is 1. The van der Waals surface area contributed by atoms with Gasteiger partial charge in [0, 0.05) is 11.6 Å². The summed E-state index contributed by atoms with van der Waals surface area (Å²) in [6.45, 7) is 10.8. The zero-order valence-corrected chi connectivity index (χ0v) is 12.8. The lowest BCUT2D eigenvalue weighted by atomic mass is 9.89. The Morgan fingerprint density at radius 2 is 2.16 bits per heavy atom. The predicted molar refractivity (Wildman–Crippen MR) is 81.0 cm³/mol. The lowest BCUT2D eigenvalue weighted by Crippen LogP contribution is -2.23. The van der Waals surface area contributed by atoms with Gasteiger partial charge in [-0.2, -0.15) is 0 Å². The Bertz CT molecular complexity index is 426. The van der Waals surface area contributed by atoms with Crippen molar-refractivity contribution < 1.29 is 4.74 Å². The minimum atomic E-state index is 0.453. The summed E-state index contributed by atoms with van der Waals surface area (Å²) in [7, 11) is 0. The van der Waals surface area contributed by atoms with Gasteiger partial charge in [-0.3, -0.25) is 0 Å². The van der Waals surface area contributed by atoms with E-state index in [1.165, 1.54) is 29.5 Å². The van der Waals surface area contributed by atoms with E-state index in [0.717, 1.165) is 25.3 Å². The Morgan fingerprint density at radius 1 is 1.37 bits per heavy atom. The van der Waals surface area contributed by atoms with E-state index in [-0.39, 0.29) is 0 Å². The van der Waals surface area contributed by atoms with Gasteiger partial charge in [0.1, 0.15) is 5.75 Å². The number of benzene rings is 1. The maximum Gasteiger partial charge on any atom is 0.127 e. The minimum absolute atomic E-state index is 0.453. The maximum atomic E-state index is 6.04. The first-order valence-corrected chi connectivity index (χ1v) is 7.64. The fourth-order valence-electron chi connectivity index (χ4n) is 2.91. The first-order valence-electron chi connectivity index (χ1n) is 7.64. The first-order chi connectivity index (χ1) is 9.15. The van der Waals surface area contributed by atoms with Gasteiger partial charge in [0.25, 0.3) is 0 Å². The van der Waals surface area contributed by atoms with Gasteiger partial charge >= 0.3 is 0 Å². The van der Waals surface area contributed by atoms with Gasteiger partial charge < -0.3 is 10.1 Å². The zero-order chi connectivity index (χ0) is 13.8. The number of hydrogen-bond donors (Lipinski definition) is 1. The van der Waals surface area contributed by atoms with Gasteiger partial charge in [0.05, 0.1) is 6.61 Å². The van der Waals surface area contributed by atoms with Crippen LogP contribution in [0.1, 0.15) is 68.7 Å². The standard InChI is InChI=1S/C17H27NO/c1-5-10-18-15-7-6-11-19-17-13(4)8-9-14(12(2)3)16(15)17/h8-9,12,15,18H,5-7,10-11H2,1-4H3. The van der Waals surface area contributed by atoms with Gasteiger partial charge in [-0.15, -0.1) is 0 Å². The fraction of sp³-hybridized carbons (Fsp3) is 0.647. The Kier molecular flexibility index (Phi) is 4.87. The molecule has 0 spiro atoms. The molecule has 0 aliphatic carbocycles. The van der Waals surface area contributed by atoms with Crippen molar-refractivity contribution in [3.63, 3.8) is 0 Å². The molecule has 0 radical (unpaired) electrons. The van der Waals surface area contributed by atoms with E-state index < -0.39 is 0 Å². The second kappa shape index (κ2) is 6.42. The molecule has 1 heterocycles. The summed E-state index contributed by atoms with van der Waals surface area (Å²) in [5, 5.41) is 3.71. The highest BCUT2D eigenvalue weighted by Crippen LogP contribution is 2.39. The first kappa shape index (κ1) is 14.4. The lowest BCUT2D eigenvalue weighted by Gasteiger charge is -2.24. The monoisotopic (exact) mass is 261 g/mol. The fourth-order valence-corrected chi connectivity index (χ4v) is 2.91. The highest BCUT2D eigenvalue weighted by molar-refractivity contribution is 5.49. The summed E-state index contributed by atoms with van der Waals surface area (Å²) >= 11 is 0. The van der Waals surface area contributed by atoms with E-state index >= 15 is 0 Å². The van der Waals surface area contributed by atoms with Crippen LogP contribution in [0.2, 0.25) is 0 Å². The largest absolute Gasteiger partial charge is 0.493 e. The molecule has 0 fully saturated rings. The molecule has 2 heteroatoms. The average molecular weight is 261 g/mol. The number of ether oxygens (including phenoxy) is 1. The highest BCUT2D eigenvalue weighted by atomic mass is 16.5. The van der Waals surface area contributed by atoms with Crippen molar-refractivity contribution in [1.82, 2.24) is 5.32 Å². The number of hydrogen-bond acceptors (Lipinski definition) is 2. The second-order valence-corrected chi connectivity index (χ2v) is 5.87. The molecule has 106 valence electrons. The maximum absolute atomic E-state index is 6.04. The van der Waals surface area contributed by atoms with Gasteiger partial charge in [0.15, 0.2) is 0 Å². The molecule has 0 amide bonds. The van der Waals surface area contributed by atoms with E-state index in [9.17, 15) is 0 Å². The highest BCUT2D eigenvalue weighted by Gasteiger charge is 2.24. The smallest absolute Gasteiger partial charge is 0.127 e. The van der Waals surface area contributed by atoms with Crippen molar-refractivity contribution in [2.24, 2.45) is 0 Å². The normalized spacial score (nSPS) is 18.9. The van der Waals surface area contributed by atoms with Crippen molar-refractivity contribution in [2.45, 2.75) is 58.9 Å². The number of aryl methyl sites for hydroxylation is 1. The Hall–Kier alpha value is -1.02. The van der Waals surface area contributed by atoms with Crippen molar-refractivity contribution >= 4 is 0 Å². The van der Waals surface area contributed by atoms with Crippen LogP contribution in [0.15, 0.2) is 12.1 Å². The molecule has 1 aromatic carbocycles. The summed E-state index contributed by atoms with van der Waals surface area (Å²) in [6.07, 6.45) is 3.48. The third-order valence-corrected chi connectivity index (χ3v) is 3.92. The van der Waals surface area contributed by atoms with Crippen molar-refractivity contribution in [2.75, 3.05) is 13.2 Å². The van der Waals surface area contributed by atoms with Gasteiger partial charge in [-0.05, 0) is 49.8 Å². The number of rotatable bonds is 4. The topological polar surface area (TPSA) is 21.3 Å². The molecule has 0 aromatic heterocycles. The molecule has 1 aromatic rings. The van der Waals surface area contributed by atoms with Crippen LogP contribution in [0.25, 0.3) is 0 Å². The molecular weight excluding hydrogens is 234 g/mol. The summed E-state index contributed by atoms with van der Waals surface area (Å²) in [5.41, 5.74) is 4.13. The van der Waals surface area contributed by atoms with Crippen molar-refractivity contribution in [3.8, 4) is 5.75 Å². The molecule has 1 N–H and O–H groups in total. The summed E-state index contributed by atoms with van der Waals surface area (Å²) in [4.78, 5) is 0. The quantitative estimate of drug-likeness (QED) is 0.871. The van der Waals surface area contributed by atoms with Crippen molar-refractivity contribution in [3.05, 3.63) is 28.8 Å². The molecule has 2 rings (SSSR count). The van der Waals surface area contributed by atoms with E-state index in [4.69, 9.17) is 4.74 Å². The molecule has 1 atom stereocenters. The second-order valence-electron chi connectivity index (χ2n) is 5.87. The summed E-state index contributed by atoms with van der Waals surface area (Å²) < 4.78 is 6.04. The molecule has 1 aliphatic rings. The SMILES string of the molecule is CCCNC1CCCOc2c(C)ccc(C(C)C)c21. The summed E-state index contributed by atoms with van der Waals surface area (Å²) in [5.74, 6) is 1.68. The average Bonchev–Trinajstić information content (AvgIpc) is 2.59. The van der Waals surface area contributed by atoms with Crippen LogP contribution in [-0.2, 0) is 0 Å². The van der Waals surface area contributed by atoms with Gasteiger partial charge in [-0.1, -0.05) is 32.9 Å². The Balaban J connectivity index is 2.45. The number of fused-ring (bicyclic) bond motifs is 1. The van der Waals surface area contributed by atoms with Crippen LogP contribution in [-0.4, -0.2) is 13.2 Å². The van der Waals surface area contributed by atoms with Gasteiger partial charge in [0.2, 0.25) is 0 Å². The third-order valence-electron chi connectivity index (χ3n) is 3.92. The molecular formula is C17H27NO.